The van der Waals surface area contributed by atoms with Crippen LogP contribution in [0.15, 0.2) is 214 Å². The monoisotopic (exact) mass is 1770 g/mol. The summed E-state index contributed by atoms with van der Waals surface area (Å²) in [6.45, 7) is 24.6. The molecular weight excluding hydrogens is 1670 g/mol. The van der Waals surface area contributed by atoms with Crippen molar-refractivity contribution < 1.29 is 38.1 Å². The maximum atomic E-state index is 12.7. The predicted molar refractivity (Wildman–Crippen MR) is 503 cm³/mol. The first-order valence-corrected chi connectivity index (χ1v) is 44.8. The molecule has 13 heterocycles. The third-order valence-electron chi connectivity index (χ3n) is 24.4. The summed E-state index contributed by atoms with van der Waals surface area (Å²) in [5.74, 6) is -0.563. The van der Waals surface area contributed by atoms with E-state index in [9.17, 15) is 19.2 Å². The Kier molecular flexibility index (Phi) is 28.0. The summed E-state index contributed by atoms with van der Waals surface area (Å²) in [4.78, 5) is 113. The van der Waals surface area contributed by atoms with Gasteiger partial charge in [0.25, 0.3) is 23.6 Å². The standard InChI is InChI=1S/2C26H27N5O2.C25H24ClN5O2.C24H26N6O2/c1-17-3-5-19(6-4-17)18(2)30-26(32)25-28-14-20(15-29-25)22-7-8-24-23(22)13-21(16-27-24)31-9-11-33-12-10-31;1-17-4-3-5-19(12-17)18(2)30-26(32)25-28-14-20(15-29-25)22-6-7-24-23(22)13-21(16-27-24)31-8-10-33-11-9-31;1-16(17-3-2-4-19(26)11-17)30-25(32)24-28-13-18(14-29-24)21-5-6-23-22(21)12-20(15-27-23)31-7-9-33-10-8-31;1-16(17-5-6-29(2)15-17)28-24(31)23-26-12-18(13-27-23)20-3-4-22-21(20)11-19(14-25-22)30-7-9-32-10-8-30/h3-7,13-16,18H,8-12H2,1-2H3,(H,30,32);3-6,12-16,18H,7-11H2,1-2H3,(H,30,32);2-5,11-16H,6-10H2,1H3,(H,30,32);3,5-6,11-16H,4,7-10H2,1-2H3,(H,28,31)/t2*18-;16-;/m111./s1. The van der Waals surface area contributed by atoms with Crippen LogP contribution in [-0.2, 0) is 51.7 Å². The fraction of sp³-hybridized carbons (Fsp3) is 0.307. The van der Waals surface area contributed by atoms with Crippen LogP contribution in [0.4, 0.5) is 22.7 Å². The van der Waals surface area contributed by atoms with Gasteiger partial charge in [-0.1, -0.05) is 108 Å². The number of halogens is 1. The Morgan fingerprint density at radius 2 is 0.618 bits per heavy atom. The van der Waals surface area contributed by atoms with Gasteiger partial charge in [0.2, 0.25) is 23.3 Å². The van der Waals surface area contributed by atoms with Gasteiger partial charge in [-0.05, 0) is 129 Å². The number of amides is 4. The van der Waals surface area contributed by atoms with E-state index in [-0.39, 0.29) is 71.1 Å². The Morgan fingerprint density at radius 1 is 0.328 bits per heavy atom. The van der Waals surface area contributed by atoms with Crippen LogP contribution in [-0.4, -0.2) is 193 Å². The second-order valence-corrected chi connectivity index (χ2v) is 33.8. The van der Waals surface area contributed by atoms with Crippen LogP contribution in [0.5, 0.6) is 0 Å². The van der Waals surface area contributed by atoms with E-state index in [0.717, 1.165) is 271 Å². The number of fused-ring (bicyclic) bond motifs is 4. The fourth-order valence-electron chi connectivity index (χ4n) is 16.9. The van der Waals surface area contributed by atoms with Crippen molar-refractivity contribution in [2.45, 2.75) is 91.4 Å². The van der Waals surface area contributed by atoms with Gasteiger partial charge in [-0.3, -0.25) is 39.1 Å². The molecule has 1 unspecified atom stereocenters. The summed E-state index contributed by atoms with van der Waals surface area (Å²) in [6.07, 6.45) is 37.2. The topological polar surface area (TPSA) is 326 Å². The van der Waals surface area contributed by atoms with Gasteiger partial charge in [0.05, 0.1) is 147 Å². The van der Waals surface area contributed by atoms with Crippen LogP contribution >= 0.6 is 11.6 Å². The highest BCUT2D eigenvalue weighted by atomic mass is 35.5. The van der Waals surface area contributed by atoms with Gasteiger partial charge in [0, 0.05) is 197 Å². The summed E-state index contributed by atoms with van der Waals surface area (Å²) >= 11 is 6.06. The zero-order valence-electron chi connectivity index (χ0n) is 74.4. The Hall–Kier alpha value is -14.0. The predicted octanol–water partition coefficient (Wildman–Crippen LogP) is 13.4. The molecule has 29 nitrogen and oxygen atoms in total. The van der Waals surface area contributed by atoms with Crippen molar-refractivity contribution in [2.24, 2.45) is 7.05 Å². The van der Waals surface area contributed by atoms with Gasteiger partial charge >= 0.3 is 0 Å². The van der Waals surface area contributed by atoms with Gasteiger partial charge in [-0.2, -0.15) is 0 Å². The number of carbonyl (C=O) groups is 4. The highest BCUT2D eigenvalue weighted by Gasteiger charge is 2.29. The smallest absolute Gasteiger partial charge is 0.289 e. The van der Waals surface area contributed by atoms with E-state index < -0.39 is 0 Å². The summed E-state index contributed by atoms with van der Waals surface area (Å²) in [5.41, 5.74) is 27.2. The minimum Gasteiger partial charge on any atom is -0.378 e. The molecule has 4 amide bonds. The highest BCUT2D eigenvalue weighted by molar-refractivity contribution is 6.30. The molecule has 9 aromatic heterocycles. The number of morpholine rings is 4. The van der Waals surface area contributed by atoms with Crippen molar-refractivity contribution in [1.82, 2.24) is 85.6 Å². The van der Waals surface area contributed by atoms with E-state index in [1.807, 2.05) is 157 Å². The van der Waals surface area contributed by atoms with E-state index in [1.165, 1.54) is 5.56 Å². The second-order valence-electron chi connectivity index (χ2n) is 33.4. The first-order chi connectivity index (χ1) is 63.8. The molecule has 131 heavy (non-hydrogen) atoms. The van der Waals surface area contributed by atoms with Gasteiger partial charge in [0.15, 0.2) is 0 Å². The fourth-order valence-corrected chi connectivity index (χ4v) is 17.1. The molecule has 8 aliphatic rings. The average molecular weight is 1780 g/mol. The van der Waals surface area contributed by atoms with Gasteiger partial charge in [-0.15, -0.1) is 0 Å². The molecule has 0 spiro atoms. The molecule has 4 atom stereocenters. The Bertz CT molecular complexity index is 6070. The minimum absolute atomic E-state index is 0.124. The van der Waals surface area contributed by atoms with Crippen LogP contribution in [0, 0.1) is 13.8 Å². The van der Waals surface area contributed by atoms with E-state index in [2.05, 4.69) is 155 Å². The van der Waals surface area contributed by atoms with Crippen LogP contribution in [0.2, 0.25) is 5.02 Å². The normalized spacial score (nSPS) is 16.2. The summed E-state index contributed by atoms with van der Waals surface area (Å²) < 4.78 is 23.8. The summed E-state index contributed by atoms with van der Waals surface area (Å²) in [6, 6.07) is 33.8. The zero-order chi connectivity index (χ0) is 90.4. The van der Waals surface area contributed by atoms with Gasteiger partial charge in [-0.25, -0.2) is 39.9 Å². The summed E-state index contributed by atoms with van der Waals surface area (Å²) in [7, 11) is 1.95. The number of nitrogens with one attached hydrogen (secondary N) is 4. The molecule has 0 saturated carbocycles. The maximum Gasteiger partial charge on any atom is 0.289 e. The number of rotatable bonds is 20. The second kappa shape index (κ2) is 41.2. The molecular formula is C101H104ClN21O8. The number of allylic oxidation sites excluding steroid dienone is 4. The lowest BCUT2D eigenvalue weighted by Crippen LogP contribution is -2.36. The number of hydrogen-bond donors (Lipinski definition) is 4. The number of benzene rings is 3. The van der Waals surface area contributed by atoms with Crippen molar-refractivity contribution in [1.29, 1.82) is 0 Å². The SMILES string of the molecule is CC(NC(=O)c1ncc(C2=CCc3ncc(N4CCOCC4)cc32)cn1)c1ccn(C)c1.C[C@@H](NC(=O)c1ncc(C2=CCc3ncc(N4CCOCC4)cc32)cn1)c1cccc(Cl)c1.Cc1ccc([C@@H](C)NC(=O)c2ncc(C3=CCc4ncc(N5CCOCC5)cc43)cn2)cc1.Cc1cccc([C@@H](C)NC(=O)c2ncc(C3=CCc4ncc(N5CCOCC5)cc43)cn2)c1. The van der Waals surface area contributed by atoms with Crippen LogP contribution in [0.3, 0.4) is 0 Å². The van der Waals surface area contributed by atoms with Crippen molar-refractivity contribution in [3.63, 3.8) is 0 Å². The van der Waals surface area contributed by atoms with Crippen LogP contribution in [0.1, 0.15) is 195 Å². The van der Waals surface area contributed by atoms with Crippen LogP contribution < -0.4 is 40.9 Å². The third-order valence-corrected chi connectivity index (χ3v) is 24.6. The number of carbonyl (C=O) groups excluding carboxylic acids is 4. The largest absolute Gasteiger partial charge is 0.378 e. The molecule has 3 aromatic carbocycles. The van der Waals surface area contributed by atoms with Gasteiger partial charge < -0.3 is 64.4 Å². The number of anilines is 4. The summed E-state index contributed by atoms with van der Waals surface area (Å²) in [5, 5.41) is 12.5. The Labute approximate surface area is 766 Å². The first-order valence-electron chi connectivity index (χ1n) is 44.5. The van der Waals surface area contributed by atoms with Gasteiger partial charge in [0.1, 0.15) is 0 Å². The van der Waals surface area contributed by atoms with Crippen molar-refractivity contribution in [3.05, 3.63) is 343 Å². The number of aryl methyl sites for hydroxylation is 3. The van der Waals surface area contributed by atoms with Crippen molar-refractivity contribution in [3.8, 4) is 0 Å². The number of hydrogen-bond acceptors (Lipinski definition) is 24. The minimum atomic E-state index is -0.328. The number of nitrogens with zero attached hydrogens (tertiary/aromatic N) is 17. The average Bonchev–Trinajstić information content (AvgIpc) is 1.71. The molecule has 30 heteroatoms. The molecule has 4 aliphatic heterocycles. The molecule has 4 saturated heterocycles. The Balaban J connectivity index is 0.000000122. The lowest BCUT2D eigenvalue weighted by molar-refractivity contribution is 0.0921. The quantitative estimate of drug-likeness (QED) is 0.0551. The van der Waals surface area contributed by atoms with Crippen molar-refractivity contribution in [2.75, 3.05) is 125 Å². The molecule has 0 bridgehead atoms. The third kappa shape index (κ3) is 21.5. The zero-order valence-corrected chi connectivity index (χ0v) is 75.2. The molecule has 4 fully saturated rings. The molecule has 4 aliphatic carbocycles. The number of aromatic nitrogens is 13. The number of ether oxygens (including phenoxy) is 4. The lowest BCUT2D eigenvalue weighted by Gasteiger charge is -2.29. The first kappa shape index (κ1) is 89.0. The molecule has 4 N–H and O–H groups in total. The molecule has 0 radical (unpaired) electrons. The highest BCUT2D eigenvalue weighted by Crippen LogP contribution is 2.39. The van der Waals surface area contributed by atoms with E-state index in [1.54, 1.807) is 55.6 Å². The molecule has 668 valence electrons. The molecule has 12 aromatic rings. The number of pyridine rings is 4. The van der Waals surface area contributed by atoms with E-state index >= 15 is 0 Å². The lowest BCUT2D eigenvalue weighted by atomic mass is 10.0. The van der Waals surface area contributed by atoms with E-state index in [0.29, 0.717) is 5.02 Å². The van der Waals surface area contributed by atoms with E-state index in [4.69, 9.17) is 30.5 Å². The molecule has 20 rings (SSSR count). The maximum absolute atomic E-state index is 12.7. The van der Waals surface area contributed by atoms with Crippen molar-refractivity contribution >= 4 is 80.3 Å². The Morgan fingerprint density at radius 3 is 0.908 bits per heavy atom. The van der Waals surface area contributed by atoms with Crippen LogP contribution in [0.25, 0.3) is 22.3 Å².